The van der Waals surface area contributed by atoms with E-state index in [-0.39, 0.29) is 5.69 Å². The second kappa shape index (κ2) is 17.7. The van der Waals surface area contributed by atoms with Crippen LogP contribution in [0.3, 0.4) is 0 Å². The minimum atomic E-state index is -0.884. The van der Waals surface area contributed by atoms with Crippen LogP contribution >= 0.6 is 0 Å². The molecule has 0 atom stereocenters. The summed E-state index contributed by atoms with van der Waals surface area (Å²) in [6.07, 6.45) is 2.63. The summed E-state index contributed by atoms with van der Waals surface area (Å²) < 4.78 is 11.3. The molecule has 9 nitrogen and oxygen atoms in total. The predicted octanol–water partition coefficient (Wildman–Crippen LogP) is 10.2. The number of hydrogen-bond donors (Lipinski definition) is 0. The molecule has 0 saturated carbocycles. The van der Waals surface area contributed by atoms with Crippen molar-refractivity contribution < 1.29 is 4.74 Å². The summed E-state index contributed by atoms with van der Waals surface area (Å²) in [5, 5.41) is 18.7. The van der Waals surface area contributed by atoms with Gasteiger partial charge in [-0.15, -0.1) is 10.2 Å². The van der Waals surface area contributed by atoms with E-state index in [2.05, 4.69) is 121 Å². The smallest absolute Gasteiger partial charge is 0.351 e. The van der Waals surface area contributed by atoms with Crippen LogP contribution < -0.4 is 10.4 Å². The molecule has 0 radical (unpaired) electrons. The lowest BCUT2D eigenvalue weighted by molar-refractivity contribution is 0.306. The lowest BCUT2D eigenvalue weighted by atomic mass is 9.77. The molecule has 9 rings (SSSR count). The molecule has 0 saturated heterocycles. The van der Waals surface area contributed by atoms with Crippen molar-refractivity contribution in [2.45, 2.75) is 44.9 Å². The third-order valence-electron chi connectivity index (χ3n) is 11.2. The van der Waals surface area contributed by atoms with E-state index >= 15 is 0 Å². The Morgan fingerprint density at radius 2 is 1.15 bits per heavy atom. The van der Waals surface area contributed by atoms with Gasteiger partial charge >= 0.3 is 5.69 Å². The van der Waals surface area contributed by atoms with Crippen molar-refractivity contribution >= 4 is 0 Å². The fourth-order valence-electron chi connectivity index (χ4n) is 8.10. The van der Waals surface area contributed by atoms with E-state index in [0.717, 1.165) is 68.9 Å². The fraction of sp³-hybridized carbons (Fsp3) is 0.135. The average molecular weight is 800 g/mol. The van der Waals surface area contributed by atoms with Crippen molar-refractivity contribution in [1.29, 1.82) is 0 Å². The monoisotopic (exact) mass is 799 g/mol. The quantitative estimate of drug-likeness (QED) is 0.0959. The van der Waals surface area contributed by atoms with Gasteiger partial charge in [0.1, 0.15) is 23.7 Å². The maximum absolute atomic E-state index is 14.0. The Hall–Kier alpha value is -7.65. The molecular formula is C52H45N7O2. The van der Waals surface area contributed by atoms with Gasteiger partial charge < -0.3 is 4.74 Å². The highest BCUT2D eigenvalue weighted by Gasteiger charge is 2.42. The van der Waals surface area contributed by atoms with Gasteiger partial charge in [0, 0.05) is 12.0 Å². The van der Waals surface area contributed by atoms with Gasteiger partial charge in [0.15, 0.2) is 5.82 Å². The zero-order valence-electron chi connectivity index (χ0n) is 34.0. The van der Waals surface area contributed by atoms with Crippen LogP contribution in [0.1, 0.15) is 53.4 Å². The Kier molecular flexibility index (Phi) is 11.3. The maximum atomic E-state index is 14.0. The summed E-state index contributed by atoms with van der Waals surface area (Å²) in [7, 11) is 0. The van der Waals surface area contributed by atoms with E-state index in [0.29, 0.717) is 31.1 Å². The van der Waals surface area contributed by atoms with E-state index < -0.39 is 5.54 Å². The van der Waals surface area contributed by atoms with Crippen LogP contribution in [0, 0.1) is 0 Å². The van der Waals surface area contributed by atoms with Gasteiger partial charge in [0.25, 0.3) is 0 Å². The number of hydrogen-bond acceptors (Lipinski definition) is 6. The third-order valence-corrected chi connectivity index (χ3v) is 11.2. The van der Waals surface area contributed by atoms with Crippen LogP contribution in [-0.4, -0.2) is 34.6 Å². The molecule has 2 aromatic heterocycles. The molecule has 0 N–H and O–H groups in total. The molecule has 0 bridgehead atoms. The molecule has 9 aromatic rings. The standard InChI is InChI=1S/C52H45N7O2/c1-2-3-28-49-54-58(45-33-35-46(36-34-45)61-38-40-18-8-4-9-19-40)51(60)57(49)37-39-29-31-41(32-30-39)47-26-16-17-27-48(47)50-53-55-56-59(50)52(42-20-10-5-11-21-42,43-22-12-6-13-23-43)44-24-14-7-15-25-44/h4-27,29-36H,2-3,28,37-38H2,1H3. The summed E-state index contributed by atoms with van der Waals surface area (Å²) in [6.45, 7) is 3.01. The Labute approximate surface area is 355 Å². The first-order valence-corrected chi connectivity index (χ1v) is 20.7. The number of rotatable bonds is 15. The van der Waals surface area contributed by atoms with Crippen LogP contribution in [0.2, 0.25) is 0 Å². The first kappa shape index (κ1) is 38.8. The molecular weight excluding hydrogens is 755 g/mol. The van der Waals surface area contributed by atoms with Crippen molar-refractivity contribution in [2.24, 2.45) is 0 Å². The number of tetrazole rings is 1. The maximum Gasteiger partial charge on any atom is 0.351 e. The van der Waals surface area contributed by atoms with Gasteiger partial charge in [-0.2, -0.15) is 4.68 Å². The van der Waals surface area contributed by atoms with Gasteiger partial charge in [0.05, 0.1) is 12.2 Å². The first-order valence-electron chi connectivity index (χ1n) is 20.7. The molecule has 0 amide bonds. The SMILES string of the molecule is CCCCc1nn(-c2ccc(OCc3ccccc3)cc2)c(=O)n1Cc1ccc(-c2ccccc2-c2nnnn2C(c2ccccc2)(c2ccccc2)c2ccccc2)cc1. The molecule has 9 heteroatoms. The van der Waals surface area contributed by atoms with Crippen molar-refractivity contribution in [3.63, 3.8) is 0 Å². The van der Waals surface area contributed by atoms with Crippen LogP contribution in [0.15, 0.2) is 199 Å². The number of ether oxygens (including phenoxy) is 1. The molecule has 7 aromatic carbocycles. The molecule has 2 heterocycles. The zero-order valence-corrected chi connectivity index (χ0v) is 34.0. The van der Waals surface area contributed by atoms with Crippen molar-refractivity contribution in [3.8, 4) is 34.0 Å². The van der Waals surface area contributed by atoms with Gasteiger partial charge in [-0.3, -0.25) is 4.57 Å². The predicted molar refractivity (Wildman–Crippen MR) is 240 cm³/mol. The van der Waals surface area contributed by atoms with E-state index in [9.17, 15) is 4.79 Å². The second-order valence-electron chi connectivity index (χ2n) is 15.0. The highest BCUT2D eigenvalue weighted by Crippen LogP contribution is 2.43. The van der Waals surface area contributed by atoms with E-state index in [1.54, 1.807) is 4.57 Å². The van der Waals surface area contributed by atoms with E-state index in [4.69, 9.17) is 20.1 Å². The number of aromatic nitrogens is 7. The first-order chi connectivity index (χ1) is 30.1. The van der Waals surface area contributed by atoms with Gasteiger partial charge in [0.2, 0.25) is 0 Å². The van der Waals surface area contributed by atoms with E-state index in [1.807, 2.05) is 89.6 Å². The van der Waals surface area contributed by atoms with Crippen LogP contribution in [0.4, 0.5) is 0 Å². The Balaban J connectivity index is 1.04. The van der Waals surface area contributed by atoms with Gasteiger partial charge in [-0.05, 0) is 80.1 Å². The minimum absolute atomic E-state index is 0.177. The van der Waals surface area contributed by atoms with Crippen molar-refractivity contribution in [1.82, 2.24) is 34.6 Å². The molecule has 0 aliphatic carbocycles. The van der Waals surface area contributed by atoms with Crippen LogP contribution in [-0.2, 0) is 25.1 Å². The molecule has 0 aliphatic heterocycles. The van der Waals surface area contributed by atoms with Crippen molar-refractivity contribution in [2.75, 3.05) is 0 Å². The Bertz CT molecular complexity index is 2780. The Morgan fingerprint density at radius 3 is 1.74 bits per heavy atom. The van der Waals surface area contributed by atoms with Gasteiger partial charge in [-0.25, -0.2) is 9.48 Å². The van der Waals surface area contributed by atoms with Crippen LogP contribution in [0.25, 0.3) is 28.2 Å². The third kappa shape index (κ3) is 7.81. The lowest BCUT2D eigenvalue weighted by Gasteiger charge is -2.36. The number of unbranched alkanes of at least 4 members (excludes halogenated alkanes) is 1. The summed E-state index contributed by atoms with van der Waals surface area (Å²) in [4.78, 5) is 14.0. The van der Waals surface area contributed by atoms with Crippen LogP contribution in [0.5, 0.6) is 5.75 Å². The molecule has 61 heavy (non-hydrogen) atoms. The molecule has 0 aliphatic rings. The summed E-state index contributed by atoms with van der Waals surface area (Å²) in [5.41, 5.74) is 7.69. The van der Waals surface area contributed by atoms with Gasteiger partial charge in [-0.1, -0.05) is 183 Å². The molecule has 0 unspecified atom stereocenters. The fourth-order valence-corrected chi connectivity index (χ4v) is 8.10. The normalized spacial score (nSPS) is 11.4. The highest BCUT2D eigenvalue weighted by molar-refractivity contribution is 5.81. The largest absolute Gasteiger partial charge is 0.489 e. The summed E-state index contributed by atoms with van der Waals surface area (Å²) in [6, 6.07) is 65.5. The summed E-state index contributed by atoms with van der Waals surface area (Å²) in [5.74, 6) is 2.12. The minimum Gasteiger partial charge on any atom is -0.489 e. The topological polar surface area (TPSA) is 92.7 Å². The average Bonchev–Trinajstić information content (AvgIpc) is 3.94. The summed E-state index contributed by atoms with van der Waals surface area (Å²) >= 11 is 0. The second-order valence-corrected chi connectivity index (χ2v) is 15.0. The number of nitrogens with zero attached hydrogens (tertiary/aromatic N) is 7. The zero-order chi connectivity index (χ0) is 41.4. The molecule has 0 spiro atoms. The molecule has 300 valence electrons. The Morgan fingerprint density at radius 1 is 0.590 bits per heavy atom. The van der Waals surface area contributed by atoms with Crippen molar-refractivity contribution in [3.05, 3.63) is 238 Å². The number of aryl methyl sites for hydroxylation is 1. The van der Waals surface area contributed by atoms with E-state index in [1.165, 1.54) is 4.68 Å². The lowest BCUT2D eigenvalue weighted by Crippen LogP contribution is -2.39. The number of benzene rings is 7. The molecule has 0 fully saturated rings. The highest BCUT2D eigenvalue weighted by atomic mass is 16.5.